The number of hydrogen-bond acceptors (Lipinski definition) is 4. The zero-order valence-corrected chi connectivity index (χ0v) is 17.7. The average Bonchev–Trinajstić information content (AvgIpc) is 3.16. The molecule has 0 atom stereocenters. The van der Waals surface area contributed by atoms with Crippen LogP contribution in [0.25, 0.3) is 0 Å². The van der Waals surface area contributed by atoms with Crippen molar-refractivity contribution in [3.8, 4) is 0 Å². The van der Waals surface area contributed by atoms with E-state index in [2.05, 4.69) is 10.6 Å². The van der Waals surface area contributed by atoms with Crippen molar-refractivity contribution in [3.63, 3.8) is 0 Å². The molecule has 4 saturated carbocycles. The molecule has 4 aliphatic carbocycles. The molecule has 6 rings (SSSR count). The normalized spacial score (nSPS) is 35.8. The molecule has 1 aliphatic heterocycles. The Hall–Kier alpha value is -1.12. The van der Waals surface area contributed by atoms with Crippen LogP contribution in [0.5, 0.6) is 0 Å². The van der Waals surface area contributed by atoms with E-state index in [9.17, 15) is 13.2 Å². The molecule has 2 amide bonds. The van der Waals surface area contributed by atoms with Gasteiger partial charge in [-0.1, -0.05) is 6.07 Å². The second-order valence-corrected chi connectivity index (χ2v) is 12.5. The van der Waals surface area contributed by atoms with Crippen LogP contribution in [-0.2, 0) is 10.0 Å². The molecule has 0 unspecified atom stereocenters. The summed E-state index contributed by atoms with van der Waals surface area (Å²) >= 11 is 1.26. The fraction of sp³-hybridized carbons (Fsp3) is 0.750. The van der Waals surface area contributed by atoms with Crippen molar-refractivity contribution in [2.75, 3.05) is 13.1 Å². The fourth-order valence-corrected chi connectivity index (χ4v) is 9.12. The van der Waals surface area contributed by atoms with Gasteiger partial charge in [0.2, 0.25) is 0 Å². The first-order valence-electron chi connectivity index (χ1n) is 10.5. The molecule has 8 heteroatoms. The maximum atomic E-state index is 12.7. The van der Waals surface area contributed by atoms with Gasteiger partial charge >= 0.3 is 6.03 Å². The molecule has 6 nitrogen and oxygen atoms in total. The molecule has 1 aromatic rings. The highest BCUT2D eigenvalue weighted by Crippen LogP contribution is 2.55. The predicted molar refractivity (Wildman–Crippen MR) is 109 cm³/mol. The average molecular weight is 424 g/mol. The van der Waals surface area contributed by atoms with Crippen molar-refractivity contribution >= 4 is 27.4 Å². The van der Waals surface area contributed by atoms with Gasteiger partial charge in [0.25, 0.3) is 10.0 Å². The zero-order valence-electron chi connectivity index (χ0n) is 16.1. The minimum absolute atomic E-state index is 0.0159. The molecule has 2 N–H and O–H groups in total. The smallest absolute Gasteiger partial charge is 0.315 e. The molecule has 1 saturated heterocycles. The summed E-state index contributed by atoms with van der Waals surface area (Å²) in [4.78, 5) is 12.7. The van der Waals surface area contributed by atoms with E-state index < -0.39 is 10.0 Å². The van der Waals surface area contributed by atoms with Crippen LogP contribution in [0.3, 0.4) is 0 Å². The van der Waals surface area contributed by atoms with Gasteiger partial charge < -0.3 is 10.6 Å². The van der Waals surface area contributed by atoms with Gasteiger partial charge in [-0.05, 0) is 80.6 Å². The van der Waals surface area contributed by atoms with E-state index >= 15 is 0 Å². The van der Waals surface area contributed by atoms with E-state index in [4.69, 9.17) is 0 Å². The van der Waals surface area contributed by atoms with Crippen molar-refractivity contribution in [1.82, 2.24) is 14.9 Å². The number of thiophene rings is 1. The lowest BCUT2D eigenvalue weighted by Crippen LogP contribution is -2.62. The fourth-order valence-electron chi connectivity index (χ4n) is 6.50. The summed E-state index contributed by atoms with van der Waals surface area (Å²) in [5, 5.41) is 8.27. The third-order valence-corrected chi connectivity index (χ3v) is 10.6. The molecular weight excluding hydrogens is 394 g/mol. The van der Waals surface area contributed by atoms with Crippen molar-refractivity contribution in [3.05, 3.63) is 17.5 Å². The number of urea groups is 1. The van der Waals surface area contributed by atoms with E-state index in [1.807, 2.05) is 0 Å². The number of piperidine rings is 1. The Kier molecular flexibility index (Phi) is 4.71. The van der Waals surface area contributed by atoms with Crippen LogP contribution in [0.4, 0.5) is 4.79 Å². The number of sulfonamides is 1. The lowest BCUT2D eigenvalue weighted by Gasteiger charge is -2.56. The molecule has 4 bridgehead atoms. The Balaban J connectivity index is 1.15. The van der Waals surface area contributed by atoms with E-state index in [0.29, 0.717) is 30.1 Å². The van der Waals surface area contributed by atoms with Crippen LogP contribution < -0.4 is 10.6 Å². The SMILES string of the molecule is O=C(NC1CCN(S(=O)(=O)c2cccs2)CC1)NC12CC3CC(CC(C3)C1)C2. The van der Waals surface area contributed by atoms with Gasteiger partial charge in [0, 0.05) is 24.7 Å². The maximum Gasteiger partial charge on any atom is 0.315 e. The van der Waals surface area contributed by atoms with E-state index in [1.54, 1.807) is 21.8 Å². The number of amides is 2. The van der Waals surface area contributed by atoms with E-state index in [0.717, 1.165) is 37.0 Å². The maximum absolute atomic E-state index is 12.7. The molecule has 1 aromatic heterocycles. The van der Waals surface area contributed by atoms with E-state index in [-0.39, 0.29) is 17.6 Å². The first kappa shape index (κ1) is 18.9. The topological polar surface area (TPSA) is 78.5 Å². The minimum atomic E-state index is -3.38. The summed E-state index contributed by atoms with van der Waals surface area (Å²) in [6.07, 6.45) is 8.84. The Labute approximate surface area is 171 Å². The summed E-state index contributed by atoms with van der Waals surface area (Å²) < 4.78 is 27.2. The predicted octanol–water partition coefficient (Wildman–Crippen LogP) is 3.17. The quantitative estimate of drug-likeness (QED) is 0.781. The van der Waals surface area contributed by atoms with Crippen LogP contribution in [0.2, 0.25) is 0 Å². The number of rotatable bonds is 4. The van der Waals surface area contributed by atoms with Crippen molar-refractivity contribution in [2.45, 2.75) is 67.2 Å². The molecular formula is C20H29N3O3S2. The molecule has 28 heavy (non-hydrogen) atoms. The third-order valence-electron chi connectivity index (χ3n) is 7.30. The first-order valence-corrected chi connectivity index (χ1v) is 12.9. The Morgan fingerprint density at radius 2 is 1.68 bits per heavy atom. The first-order chi connectivity index (χ1) is 13.4. The molecule has 0 spiro atoms. The van der Waals surface area contributed by atoms with Crippen molar-refractivity contribution in [1.29, 1.82) is 0 Å². The van der Waals surface area contributed by atoms with Crippen molar-refractivity contribution in [2.24, 2.45) is 17.8 Å². The molecule has 0 aromatic carbocycles. The Morgan fingerprint density at radius 1 is 1.07 bits per heavy atom. The number of hydrogen-bond donors (Lipinski definition) is 2. The molecule has 5 aliphatic rings. The summed E-state index contributed by atoms with van der Waals surface area (Å²) in [6.45, 7) is 0.922. The summed E-state index contributed by atoms with van der Waals surface area (Å²) in [6, 6.07) is 3.41. The van der Waals surface area contributed by atoms with Gasteiger partial charge in [-0.2, -0.15) is 4.31 Å². The number of nitrogens with zero attached hydrogens (tertiary/aromatic N) is 1. The van der Waals surface area contributed by atoms with Crippen LogP contribution in [0.15, 0.2) is 21.7 Å². The molecule has 2 heterocycles. The second kappa shape index (κ2) is 6.99. The van der Waals surface area contributed by atoms with Gasteiger partial charge in [0.1, 0.15) is 4.21 Å². The highest BCUT2D eigenvalue weighted by Gasteiger charge is 2.51. The summed E-state index contributed by atoms with van der Waals surface area (Å²) in [5.41, 5.74) is 0.0159. The van der Waals surface area contributed by atoms with Gasteiger partial charge in [-0.15, -0.1) is 11.3 Å². The molecule has 0 radical (unpaired) electrons. The van der Waals surface area contributed by atoms with Crippen LogP contribution in [-0.4, -0.2) is 43.4 Å². The molecule has 5 fully saturated rings. The van der Waals surface area contributed by atoms with Crippen LogP contribution in [0, 0.1) is 17.8 Å². The molecule has 154 valence electrons. The highest BCUT2D eigenvalue weighted by atomic mass is 32.2. The Morgan fingerprint density at radius 3 is 2.21 bits per heavy atom. The van der Waals surface area contributed by atoms with Crippen LogP contribution >= 0.6 is 11.3 Å². The van der Waals surface area contributed by atoms with Gasteiger partial charge in [-0.25, -0.2) is 13.2 Å². The minimum Gasteiger partial charge on any atom is -0.335 e. The number of nitrogens with one attached hydrogen (secondary N) is 2. The van der Waals surface area contributed by atoms with Gasteiger partial charge in [0.05, 0.1) is 0 Å². The number of carbonyl (C=O) groups is 1. The summed E-state index contributed by atoms with van der Waals surface area (Å²) in [7, 11) is -3.38. The Bertz CT molecular complexity index is 794. The van der Waals surface area contributed by atoms with Crippen LogP contribution in [0.1, 0.15) is 51.4 Å². The third kappa shape index (κ3) is 3.48. The monoisotopic (exact) mass is 423 g/mol. The second-order valence-electron chi connectivity index (χ2n) is 9.41. The lowest BCUT2D eigenvalue weighted by atomic mass is 9.53. The highest BCUT2D eigenvalue weighted by molar-refractivity contribution is 7.91. The lowest BCUT2D eigenvalue weighted by molar-refractivity contribution is -0.0137. The van der Waals surface area contributed by atoms with Gasteiger partial charge in [0.15, 0.2) is 0 Å². The van der Waals surface area contributed by atoms with Gasteiger partial charge in [-0.3, -0.25) is 0 Å². The number of carbonyl (C=O) groups excluding carboxylic acids is 1. The zero-order chi connectivity index (χ0) is 19.4. The summed E-state index contributed by atoms with van der Waals surface area (Å²) in [5.74, 6) is 2.41. The standard InChI is InChI=1S/C20H29N3O3S2/c24-19(22-20-11-14-8-15(12-20)10-16(9-14)13-20)21-17-3-5-23(6-4-17)28(25,26)18-2-1-7-27-18/h1-2,7,14-17H,3-6,8-13H2,(H2,21,22,24). The van der Waals surface area contributed by atoms with Crippen molar-refractivity contribution < 1.29 is 13.2 Å². The van der Waals surface area contributed by atoms with E-state index in [1.165, 1.54) is 30.6 Å². The largest absolute Gasteiger partial charge is 0.335 e.